The Morgan fingerprint density at radius 1 is 1.20 bits per heavy atom. The maximum atomic E-state index is 5.41. The third-order valence-corrected chi connectivity index (χ3v) is 2.75. The molecule has 0 saturated carbocycles. The van der Waals surface area contributed by atoms with Gasteiger partial charge in [0.2, 0.25) is 11.9 Å². The van der Waals surface area contributed by atoms with Gasteiger partial charge in [-0.25, -0.2) is 0 Å². The molecule has 0 saturated heterocycles. The highest BCUT2D eigenvalue weighted by Gasteiger charge is 2.18. The van der Waals surface area contributed by atoms with E-state index in [2.05, 4.69) is 39.0 Å². The van der Waals surface area contributed by atoms with E-state index in [1.165, 1.54) is 0 Å². The van der Waals surface area contributed by atoms with Crippen LogP contribution in [0, 0.1) is 0 Å². The fourth-order valence-corrected chi connectivity index (χ4v) is 1.89. The highest BCUT2D eigenvalue weighted by molar-refractivity contribution is 5.39. The van der Waals surface area contributed by atoms with E-state index in [0.717, 1.165) is 13.1 Å². The molecule has 1 unspecified atom stereocenters. The molecular weight excluding hydrogens is 258 g/mol. The van der Waals surface area contributed by atoms with Gasteiger partial charge in [0.05, 0.1) is 19.3 Å². The van der Waals surface area contributed by atoms with E-state index in [-0.39, 0.29) is 6.04 Å². The summed E-state index contributed by atoms with van der Waals surface area (Å²) in [6.45, 7) is 10.7. The number of hydrogen-bond donors (Lipinski definition) is 1. The van der Waals surface area contributed by atoms with Crippen molar-refractivity contribution < 1.29 is 9.47 Å². The molecule has 0 aromatic carbocycles. The molecule has 0 aliphatic rings. The molecular formula is C13H25N5O2. The molecule has 1 aromatic heterocycles. The molecule has 0 bridgehead atoms. The summed E-state index contributed by atoms with van der Waals surface area (Å²) in [6, 6.07) is 0.521. The summed E-state index contributed by atoms with van der Waals surface area (Å²) in [6.07, 6.45) is 0. The number of hydrogen-bond acceptors (Lipinski definition) is 7. The van der Waals surface area contributed by atoms with Gasteiger partial charge in [0.1, 0.15) is 0 Å². The second-order valence-electron chi connectivity index (χ2n) is 4.30. The molecule has 0 fully saturated rings. The lowest BCUT2D eigenvalue weighted by atomic mass is 10.3. The summed E-state index contributed by atoms with van der Waals surface area (Å²) in [4.78, 5) is 15.1. The monoisotopic (exact) mass is 283 g/mol. The predicted octanol–water partition coefficient (Wildman–Crippen LogP) is 1.56. The van der Waals surface area contributed by atoms with Gasteiger partial charge < -0.3 is 19.7 Å². The molecule has 0 radical (unpaired) electrons. The molecule has 1 N–H and O–H groups in total. The molecule has 1 rings (SSSR count). The summed E-state index contributed by atoms with van der Waals surface area (Å²) in [7, 11) is 1.69. The number of nitrogens with one attached hydrogen (secondary N) is 1. The highest BCUT2D eigenvalue weighted by Crippen LogP contribution is 2.17. The largest absolute Gasteiger partial charge is 0.464 e. The van der Waals surface area contributed by atoms with Gasteiger partial charge in [-0.1, -0.05) is 0 Å². The van der Waals surface area contributed by atoms with Crippen LogP contribution in [0.25, 0.3) is 0 Å². The van der Waals surface area contributed by atoms with E-state index in [9.17, 15) is 0 Å². The summed E-state index contributed by atoms with van der Waals surface area (Å²) < 4.78 is 10.6. The fraction of sp³-hybridized carbons (Fsp3) is 0.769. The van der Waals surface area contributed by atoms with Gasteiger partial charge in [-0.15, -0.1) is 0 Å². The number of likely N-dealkylation sites (N-methyl/N-ethyl adjacent to an activating group) is 1. The van der Waals surface area contributed by atoms with E-state index >= 15 is 0 Å². The summed E-state index contributed by atoms with van der Waals surface area (Å²) in [5.41, 5.74) is 0. The lowest BCUT2D eigenvalue weighted by molar-refractivity contribution is 0.181. The van der Waals surface area contributed by atoms with Crippen molar-refractivity contribution in [2.24, 2.45) is 0 Å². The van der Waals surface area contributed by atoms with Gasteiger partial charge in [0.25, 0.3) is 0 Å². The molecule has 0 spiro atoms. The van der Waals surface area contributed by atoms with Crippen molar-refractivity contribution in [3.05, 3.63) is 0 Å². The van der Waals surface area contributed by atoms with Gasteiger partial charge in [0.15, 0.2) is 0 Å². The van der Waals surface area contributed by atoms with Crippen LogP contribution < -0.4 is 15.0 Å². The maximum absolute atomic E-state index is 5.41. The molecule has 0 aliphatic carbocycles. The second-order valence-corrected chi connectivity index (χ2v) is 4.30. The van der Waals surface area contributed by atoms with Crippen LogP contribution in [-0.4, -0.2) is 54.4 Å². The molecule has 1 heterocycles. The summed E-state index contributed by atoms with van der Waals surface area (Å²) in [5.74, 6) is 1.13. The van der Waals surface area contributed by atoms with Crippen LogP contribution in [-0.2, 0) is 4.74 Å². The highest BCUT2D eigenvalue weighted by atomic mass is 16.5. The summed E-state index contributed by atoms with van der Waals surface area (Å²) >= 11 is 0. The summed E-state index contributed by atoms with van der Waals surface area (Å²) in [5, 5.41) is 3.10. The molecule has 20 heavy (non-hydrogen) atoms. The number of anilines is 2. The fourth-order valence-electron chi connectivity index (χ4n) is 1.89. The van der Waals surface area contributed by atoms with E-state index in [4.69, 9.17) is 9.47 Å². The molecule has 0 aliphatic heterocycles. The standard InChI is InChI=1S/C13H25N5O2/c1-6-14-11-15-12(17-13(16-11)20-8-3)18(7-2)10(4)9-19-5/h10H,6-9H2,1-5H3,(H,14,15,16,17). The van der Waals surface area contributed by atoms with Gasteiger partial charge in [-0.3, -0.25) is 0 Å². The van der Waals surface area contributed by atoms with E-state index < -0.39 is 0 Å². The third kappa shape index (κ3) is 4.48. The third-order valence-electron chi connectivity index (χ3n) is 2.75. The zero-order valence-electron chi connectivity index (χ0n) is 13.0. The van der Waals surface area contributed by atoms with Crippen molar-refractivity contribution >= 4 is 11.9 Å². The van der Waals surface area contributed by atoms with Crippen LogP contribution in [0.4, 0.5) is 11.9 Å². The average molecular weight is 283 g/mol. The SMILES string of the molecule is CCNc1nc(OCC)nc(N(CC)C(C)COC)n1. The lowest BCUT2D eigenvalue weighted by Crippen LogP contribution is -2.37. The molecule has 0 amide bonds. The molecule has 1 aromatic rings. The van der Waals surface area contributed by atoms with Gasteiger partial charge in [-0.2, -0.15) is 15.0 Å². The normalized spacial score (nSPS) is 12.1. The first-order valence-corrected chi connectivity index (χ1v) is 7.04. The predicted molar refractivity (Wildman–Crippen MR) is 79.5 cm³/mol. The van der Waals surface area contributed by atoms with Crippen molar-refractivity contribution in [1.29, 1.82) is 0 Å². The van der Waals surface area contributed by atoms with Crippen LogP contribution in [0.3, 0.4) is 0 Å². The van der Waals surface area contributed by atoms with Crippen molar-refractivity contribution in [2.75, 3.05) is 43.6 Å². The van der Waals surface area contributed by atoms with Gasteiger partial charge in [0, 0.05) is 20.2 Å². The Morgan fingerprint density at radius 3 is 2.50 bits per heavy atom. The zero-order valence-corrected chi connectivity index (χ0v) is 13.0. The Labute approximate surface area is 120 Å². The number of methoxy groups -OCH3 is 1. The number of aromatic nitrogens is 3. The Hall–Kier alpha value is -1.63. The van der Waals surface area contributed by atoms with Crippen molar-refractivity contribution in [3.8, 4) is 6.01 Å². The molecule has 7 heteroatoms. The van der Waals surface area contributed by atoms with Crippen molar-refractivity contribution in [1.82, 2.24) is 15.0 Å². The Bertz CT molecular complexity index is 378. The number of ether oxygens (including phenoxy) is 2. The van der Waals surface area contributed by atoms with E-state index in [0.29, 0.717) is 31.1 Å². The van der Waals surface area contributed by atoms with E-state index in [1.54, 1.807) is 7.11 Å². The van der Waals surface area contributed by atoms with Crippen molar-refractivity contribution in [2.45, 2.75) is 33.7 Å². The first kappa shape index (κ1) is 16.4. The van der Waals surface area contributed by atoms with Crippen LogP contribution in [0.2, 0.25) is 0 Å². The minimum Gasteiger partial charge on any atom is -0.464 e. The number of rotatable bonds is 9. The van der Waals surface area contributed by atoms with Crippen LogP contribution in [0.1, 0.15) is 27.7 Å². The quantitative estimate of drug-likeness (QED) is 0.737. The molecule has 1 atom stereocenters. The molecule has 7 nitrogen and oxygen atoms in total. The van der Waals surface area contributed by atoms with Gasteiger partial charge in [-0.05, 0) is 27.7 Å². The number of nitrogens with zero attached hydrogens (tertiary/aromatic N) is 4. The maximum Gasteiger partial charge on any atom is 0.323 e. The minimum absolute atomic E-state index is 0.177. The minimum atomic E-state index is 0.177. The Balaban J connectivity index is 3.05. The first-order chi connectivity index (χ1) is 9.65. The van der Waals surface area contributed by atoms with E-state index in [1.807, 2.05) is 13.8 Å². The van der Waals surface area contributed by atoms with Crippen LogP contribution in [0.15, 0.2) is 0 Å². The molecule has 114 valence electrons. The Kier molecular flexibility index (Phi) is 7.00. The smallest absolute Gasteiger partial charge is 0.323 e. The van der Waals surface area contributed by atoms with Crippen LogP contribution >= 0.6 is 0 Å². The second kappa shape index (κ2) is 8.52. The zero-order chi connectivity index (χ0) is 15.0. The lowest BCUT2D eigenvalue weighted by Gasteiger charge is -2.27. The van der Waals surface area contributed by atoms with Crippen molar-refractivity contribution in [3.63, 3.8) is 0 Å². The topological polar surface area (TPSA) is 72.4 Å². The Morgan fingerprint density at radius 2 is 1.95 bits per heavy atom. The van der Waals surface area contributed by atoms with Gasteiger partial charge >= 0.3 is 6.01 Å². The van der Waals surface area contributed by atoms with Crippen LogP contribution in [0.5, 0.6) is 6.01 Å². The first-order valence-electron chi connectivity index (χ1n) is 7.04. The average Bonchev–Trinajstić information content (AvgIpc) is 2.40.